The van der Waals surface area contributed by atoms with Crippen molar-refractivity contribution in [2.75, 3.05) is 20.4 Å². The van der Waals surface area contributed by atoms with E-state index in [1.807, 2.05) is 25.3 Å². The lowest BCUT2D eigenvalue weighted by molar-refractivity contribution is -0.118. The van der Waals surface area contributed by atoms with Gasteiger partial charge in [-0.25, -0.2) is 0 Å². The van der Waals surface area contributed by atoms with E-state index >= 15 is 0 Å². The van der Waals surface area contributed by atoms with Crippen molar-refractivity contribution in [3.8, 4) is 0 Å². The van der Waals surface area contributed by atoms with E-state index in [2.05, 4.69) is 0 Å². The maximum absolute atomic E-state index is 10.8. The molecule has 0 bridgehead atoms. The number of Topliss-reactive ketones (excluding diaryl/α,β-unsaturated/α-hetero) is 1. The summed E-state index contributed by atoms with van der Waals surface area (Å²) in [5.74, 6) is 0.215. The summed E-state index contributed by atoms with van der Waals surface area (Å²) in [7, 11) is 3.81. The molecule has 0 aromatic carbocycles. The minimum absolute atomic E-state index is 0.0324. The van der Waals surface area contributed by atoms with Gasteiger partial charge in [0.15, 0.2) is 5.78 Å². The first kappa shape index (κ1) is 8.98. The fraction of sp³-hybridized carbons (Fsp3) is 0.833. The maximum atomic E-state index is 10.8. The number of nitrogens with zero attached hydrogens (tertiary/aromatic N) is 1. The second-order valence-corrected chi connectivity index (χ2v) is 3.08. The predicted molar refractivity (Wildman–Crippen MR) is 41.7 cm³/mol. The van der Waals surface area contributed by atoms with Gasteiger partial charge < -0.3 is 0 Å². The molecule has 0 aromatic heterocycles. The van der Waals surface area contributed by atoms with Crippen LogP contribution in [0.5, 0.6) is 0 Å². The lowest BCUT2D eigenvalue weighted by atomic mass is 10.4. The van der Waals surface area contributed by atoms with Gasteiger partial charge in [-0.15, -0.1) is 11.8 Å². The summed E-state index contributed by atoms with van der Waals surface area (Å²) in [5.41, 5.74) is 0. The third kappa shape index (κ3) is 2.87. The van der Waals surface area contributed by atoms with Crippen LogP contribution < -0.4 is 0 Å². The van der Waals surface area contributed by atoms with Crippen molar-refractivity contribution in [3.05, 3.63) is 0 Å². The summed E-state index contributed by atoms with van der Waals surface area (Å²) < 4.78 is 0. The first-order chi connectivity index (χ1) is 4.09. The monoisotopic (exact) mass is 147 g/mol. The molecule has 54 valence electrons. The molecule has 0 amide bonds. The van der Waals surface area contributed by atoms with Crippen molar-refractivity contribution in [2.45, 2.75) is 12.3 Å². The minimum Gasteiger partial charge on any atom is -0.297 e. The zero-order valence-electron chi connectivity index (χ0n) is 6.34. The summed E-state index contributed by atoms with van der Waals surface area (Å²) in [6, 6.07) is 0. The fourth-order valence-corrected chi connectivity index (χ4v) is 1.49. The van der Waals surface area contributed by atoms with Crippen molar-refractivity contribution >= 4 is 17.5 Å². The number of thioether (sulfide) groups is 1. The molecule has 0 aromatic rings. The van der Waals surface area contributed by atoms with Gasteiger partial charge in [0, 0.05) is 0 Å². The van der Waals surface area contributed by atoms with Gasteiger partial charge in [0.2, 0.25) is 0 Å². The first-order valence-corrected chi connectivity index (χ1v) is 4.08. The molecule has 2 nitrogen and oxygen atoms in total. The number of hydrogen-bond donors (Lipinski definition) is 0. The molecule has 0 rings (SSSR count). The molecule has 0 aliphatic rings. The average Bonchev–Trinajstić information content (AvgIpc) is 1.64. The van der Waals surface area contributed by atoms with E-state index in [1.165, 1.54) is 0 Å². The molecule has 0 aliphatic heterocycles. The predicted octanol–water partition coefficient (Wildman–Crippen LogP) is 0.826. The van der Waals surface area contributed by atoms with Crippen molar-refractivity contribution in [2.24, 2.45) is 0 Å². The summed E-state index contributed by atoms with van der Waals surface area (Å²) in [6.45, 7) is 1.61. The van der Waals surface area contributed by atoms with Gasteiger partial charge in [-0.05, 0) is 27.3 Å². The lowest BCUT2D eigenvalue weighted by Gasteiger charge is -2.18. The van der Waals surface area contributed by atoms with Crippen LogP contribution in [0.15, 0.2) is 0 Å². The Kier molecular flexibility index (Phi) is 3.89. The van der Waals surface area contributed by atoms with Crippen molar-refractivity contribution in [3.63, 3.8) is 0 Å². The number of rotatable bonds is 3. The van der Waals surface area contributed by atoms with Crippen LogP contribution in [0.25, 0.3) is 0 Å². The molecule has 0 unspecified atom stereocenters. The number of likely N-dealkylation sites (N-methyl/N-ethyl adjacent to an activating group) is 1. The summed E-state index contributed by atoms with van der Waals surface area (Å²) in [4.78, 5) is 12.7. The molecule has 0 saturated heterocycles. The zero-order valence-corrected chi connectivity index (χ0v) is 7.16. The van der Waals surface area contributed by atoms with Crippen molar-refractivity contribution in [1.29, 1.82) is 0 Å². The highest BCUT2D eigenvalue weighted by molar-refractivity contribution is 7.99. The molecule has 0 saturated carbocycles. The summed E-state index contributed by atoms with van der Waals surface area (Å²) in [5, 5.41) is 0.0324. The SMILES string of the molecule is CS[C@H](C(C)=O)N(C)C. The summed E-state index contributed by atoms with van der Waals surface area (Å²) >= 11 is 1.56. The van der Waals surface area contributed by atoms with Gasteiger partial charge in [-0.1, -0.05) is 0 Å². The van der Waals surface area contributed by atoms with Gasteiger partial charge in [0.25, 0.3) is 0 Å². The quantitative estimate of drug-likeness (QED) is 0.551. The maximum Gasteiger partial charge on any atom is 0.157 e. The molecule has 3 heteroatoms. The van der Waals surface area contributed by atoms with Gasteiger partial charge in [-0.2, -0.15) is 0 Å². The Morgan fingerprint density at radius 2 is 2.00 bits per heavy atom. The van der Waals surface area contributed by atoms with Gasteiger partial charge >= 0.3 is 0 Å². The second kappa shape index (κ2) is 3.90. The molecular weight excluding hydrogens is 134 g/mol. The van der Waals surface area contributed by atoms with Crippen LogP contribution in [0.1, 0.15) is 6.92 Å². The van der Waals surface area contributed by atoms with E-state index in [4.69, 9.17) is 0 Å². The van der Waals surface area contributed by atoms with E-state index in [1.54, 1.807) is 18.7 Å². The Morgan fingerprint density at radius 1 is 1.56 bits per heavy atom. The lowest BCUT2D eigenvalue weighted by Crippen LogP contribution is -2.30. The van der Waals surface area contributed by atoms with E-state index in [-0.39, 0.29) is 11.2 Å². The second-order valence-electron chi connectivity index (χ2n) is 2.16. The highest BCUT2D eigenvalue weighted by atomic mass is 32.2. The van der Waals surface area contributed by atoms with Gasteiger partial charge in [0.05, 0.1) is 0 Å². The van der Waals surface area contributed by atoms with E-state index in [0.29, 0.717) is 0 Å². The molecule has 0 heterocycles. The molecule has 0 radical (unpaired) electrons. The van der Waals surface area contributed by atoms with Crippen LogP contribution in [-0.2, 0) is 4.79 Å². The number of carbonyl (C=O) groups is 1. The number of hydrogen-bond acceptors (Lipinski definition) is 3. The largest absolute Gasteiger partial charge is 0.297 e. The topological polar surface area (TPSA) is 20.3 Å². The first-order valence-electron chi connectivity index (χ1n) is 2.79. The molecule has 0 spiro atoms. The van der Waals surface area contributed by atoms with Crippen LogP contribution in [0.3, 0.4) is 0 Å². The average molecular weight is 147 g/mol. The smallest absolute Gasteiger partial charge is 0.157 e. The zero-order chi connectivity index (χ0) is 7.44. The van der Waals surface area contributed by atoms with Crippen LogP contribution in [-0.4, -0.2) is 36.4 Å². The number of ketones is 1. The Labute approximate surface area is 60.6 Å². The van der Waals surface area contributed by atoms with Crippen LogP contribution in [0.2, 0.25) is 0 Å². The van der Waals surface area contributed by atoms with E-state index in [0.717, 1.165) is 0 Å². The number of carbonyl (C=O) groups excluding carboxylic acids is 1. The Balaban J connectivity index is 3.83. The highest BCUT2D eigenvalue weighted by Gasteiger charge is 2.13. The molecule has 0 fully saturated rings. The Hall–Kier alpha value is -0.0200. The van der Waals surface area contributed by atoms with Crippen molar-refractivity contribution < 1.29 is 4.79 Å². The molecule has 0 aliphatic carbocycles. The van der Waals surface area contributed by atoms with E-state index < -0.39 is 0 Å². The molecule has 9 heavy (non-hydrogen) atoms. The molecule has 1 atom stereocenters. The van der Waals surface area contributed by atoms with Crippen molar-refractivity contribution in [1.82, 2.24) is 4.90 Å². The Morgan fingerprint density at radius 3 is 2.00 bits per heavy atom. The third-order valence-corrected chi connectivity index (χ3v) is 2.24. The van der Waals surface area contributed by atoms with Crippen LogP contribution in [0, 0.1) is 0 Å². The fourth-order valence-electron chi connectivity index (χ4n) is 0.740. The van der Waals surface area contributed by atoms with Gasteiger partial charge in [0.1, 0.15) is 5.37 Å². The third-order valence-electron chi connectivity index (χ3n) is 1.04. The normalized spacial score (nSPS) is 13.9. The van der Waals surface area contributed by atoms with Gasteiger partial charge in [-0.3, -0.25) is 9.69 Å². The molecule has 0 N–H and O–H groups in total. The molecular formula is C6H13NOS. The minimum atomic E-state index is 0.0324. The summed E-state index contributed by atoms with van der Waals surface area (Å²) in [6.07, 6.45) is 1.94. The Bertz CT molecular complexity index is 103. The van der Waals surface area contributed by atoms with E-state index in [9.17, 15) is 4.79 Å². The van der Waals surface area contributed by atoms with Crippen LogP contribution in [0.4, 0.5) is 0 Å². The standard InChI is InChI=1S/C6H13NOS/c1-5(8)6(9-4)7(2)3/h6H,1-4H3/t6-/m1/s1. The highest BCUT2D eigenvalue weighted by Crippen LogP contribution is 2.08. The van der Waals surface area contributed by atoms with Crippen LogP contribution >= 0.6 is 11.8 Å².